The summed E-state index contributed by atoms with van der Waals surface area (Å²) < 4.78 is 8.93. The van der Waals surface area contributed by atoms with Crippen molar-refractivity contribution < 1.29 is 4.42 Å². The minimum Gasteiger partial charge on any atom is -0.422 e. The first-order valence-electron chi connectivity index (χ1n) is 15.1. The van der Waals surface area contributed by atoms with Crippen molar-refractivity contribution in [3.05, 3.63) is 164 Å². The van der Waals surface area contributed by atoms with Crippen LogP contribution in [0.1, 0.15) is 0 Å². The molecule has 9 aromatic rings. The standard InChI is InChI=1S/C41H27N3O/c1-2-10-28(11-3-1)29-18-21-31(22-19-29)43(41-42-37-27-20-30-12-4-5-13-34(30)40(37)45-41)32-23-25-33(26-24-32)44-38-16-8-6-14-35(38)36-15-7-9-17-39(36)44/h1-27H. The number of aromatic nitrogens is 2. The summed E-state index contributed by atoms with van der Waals surface area (Å²) >= 11 is 0. The third-order valence-corrected chi connectivity index (χ3v) is 8.64. The third-order valence-electron chi connectivity index (χ3n) is 8.64. The van der Waals surface area contributed by atoms with Crippen molar-refractivity contribution >= 4 is 61.1 Å². The van der Waals surface area contributed by atoms with Gasteiger partial charge >= 0.3 is 6.01 Å². The van der Waals surface area contributed by atoms with Gasteiger partial charge in [-0.3, -0.25) is 4.90 Å². The minimum absolute atomic E-state index is 0.526. The number of benzene rings is 7. The van der Waals surface area contributed by atoms with Crippen LogP contribution in [0.3, 0.4) is 0 Å². The summed E-state index contributed by atoms with van der Waals surface area (Å²) in [6.07, 6.45) is 0. The molecule has 0 fully saturated rings. The van der Waals surface area contributed by atoms with E-state index in [9.17, 15) is 0 Å². The quantitative estimate of drug-likeness (QED) is 0.204. The molecule has 0 amide bonds. The van der Waals surface area contributed by atoms with Gasteiger partial charge in [0.25, 0.3) is 0 Å². The van der Waals surface area contributed by atoms with E-state index in [1.165, 1.54) is 27.4 Å². The highest BCUT2D eigenvalue weighted by atomic mass is 16.4. The molecule has 4 heteroatoms. The molecule has 0 aliphatic carbocycles. The smallest absolute Gasteiger partial charge is 0.307 e. The van der Waals surface area contributed by atoms with Crippen LogP contribution in [0.5, 0.6) is 0 Å². The second-order valence-electron chi connectivity index (χ2n) is 11.3. The number of anilines is 3. The van der Waals surface area contributed by atoms with Gasteiger partial charge in [0.15, 0.2) is 5.58 Å². The van der Waals surface area contributed by atoms with Crippen molar-refractivity contribution in [2.24, 2.45) is 0 Å². The van der Waals surface area contributed by atoms with Gasteiger partial charge in [0.2, 0.25) is 0 Å². The second kappa shape index (κ2) is 10.2. The van der Waals surface area contributed by atoms with Crippen molar-refractivity contribution in [1.29, 1.82) is 0 Å². The van der Waals surface area contributed by atoms with E-state index in [-0.39, 0.29) is 0 Å². The van der Waals surface area contributed by atoms with Crippen molar-refractivity contribution in [1.82, 2.24) is 9.55 Å². The summed E-state index contributed by atoms with van der Waals surface area (Å²) in [4.78, 5) is 7.10. The number of hydrogen-bond acceptors (Lipinski definition) is 3. The number of rotatable bonds is 5. The Labute approximate surface area is 260 Å². The lowest BCUT2D eigenvalue weighted by Crippen LogP contribution is -2.10. The molecular weight excluding hydrogens is 550 g/mol. The number of nitrogens with zero attached hydrogens (tertiary/aromatic N) is 3. The fourth-order valence-electron chi connectivity index (χ4n) is 6.49. The molecule has 0 atom stereocenters. The molecule has 2 aromatic heterocycles. The monoisotopic (exact) mass is 577 g/mol. The Hall–Kier alpha value is -6.13. The molecule has 45 heavy (non-hydrogen) atoms. The molecule has 0 saturated heterocycles. The number of fused-ring (bicyclic) bond motifs is 6. The van der Waals surface area contributed by atoms with Crippen LogP contribution < -0.4 is 4.90 Å². The van der Waals surface area contributed by atoms with Gasteiger partial charge in [-0.2, -0.15) is 4.98 Å². The van der Waals surface area contributed by atoms with Crippen LogP contribution in [0.25, 0.3) is 60.5 Å². The van der Waals surface area contributed by atoms with Gasteiger partial charge in [0.1, 0.15) is 5.52 Å². The van der Waals surface area contributed by atoms with Crippen LogP contribution in [0, 0.1) is 0 Å². The fraction of sp³-hybridized carbons (Fsp3) is 0. The summed E-state index contributed by atoms with van der Waals surface area (Å²) in [7, 11) is 0. The number of oxazole rings is 1. The molecular formula is C41H27N3O. The Bertz CT molecular complexity index is 2420. The molecule has 212 valence electrons. The van der Waals surface area contributed by atoms with Gasteiger partial charge in [-0.15, -0.1) is 0 Å². The van der Waals surface area contributed by atoms with E-state index in [1.807, 2.05) is 24.3 Å². The fourth-order valence-corrected chi connectivity index (χ4v) is 6.49. The first kappa shape index (κ1) is 25.4. The molecule has 0 spiro atoms. The largest absolute Gasteiger partial charge is 0.422 e. The summed E-state index contributed by atoms with van der Waals surface area (Å²) in [6.45, 7) is 0. The van der Waals surface area contributed by atoms with Crippen LogP contribution >= 0.6 is 0 Å². The van der Waals surface area contributed by atoms with Gasteiger partial charge in [0.05, 0.1) is 22.4 Å². The number of hydrogen-bond donors (Lipinski definition) is 0. The molecule has 9 rings (SSSR count). The first-order chi connectivity index (χ1) is 22.3. The van der Waals surface area contributed by atoms with E-state index in [0.29, 0.717) is 6.01 Å². The highest BCUT2D eigenvalue weighted by Crippen LogP contribution is 2.39. The summed E-state index contributed by atoms with van der Waals surface area (Å²) in [5.74, 6) is 0. The van der Waals surface area contributed by atoms with Crippen molar-refractivity contribution in [3.8, 4) is 16.8 Å². The van der Waals surface area contributed by atoms with Crippen LogP contribution in [0.2, 0.25) is 0 Å². The molecule has 0 saturated carbocycles. The van der Waals surface area contributed by atoms with Crippen molar-refractivity contribution in [3.63, 3.8) is 0 Å². The minimum atomic E-state index is 0.526. The summed E-state index contributed by atoms with van der Waals surface area (Å²) in [5, 5.41) is 4.67. The second-order valence-corrected chi connectivity index (χ2v) is 11.3. The highest BCUT2D eigenvalue weighted by Gasteiger charge is 2.21. The maximum atomic E-state index is 6.59. The Morgan fingerprint density at radius 2 is 1.02 bits per heavy atom. The molecule has 7 aromatic carbocycles. The van der Waals surface area contributed by atoms with Gasteiger partial charge in [-0.05, 0) is 71.1 Å². The maximum absolute atomic E-state index is 6.59. The summed E-state index contributed by atoms with van der Waals surface area (Å²) in [6, 6.07) is 57.8. The van der Waals surface area contributed by atoms with Crippen molar-refractivity contribution in [2.75, 3.05) is 4.90 Å². The normalized spacial score (nSPS) is 11.6. The Morgan fingerprint density at radius 3 is 1.71 bits per heavy atom. The Kier molecular flexibility index (Phi) is 5.78. The molecule has 0 aliphatic heterocycles. The van der Waals surface area contributed by atoms with E-state index in [1.54, 1.807) is 0 Å². The van der Waals surface area contributed by atoms with Crippen molar-refractivity contribution in [2.45, 2.75) is 0 Å². The van der Waals surface area contributed by atoms with Crippen LogP contribution in [-0.4, -0.2) is 9.55 Å². The topological polar surface area (TPSA) is 34.2 Å². The van der Waals surface area contributed by atoms with Crippen LogP contribution in [0.4, 0.5) is 17.4 Å². The zero-order valence-corrected chi connectivity index (χ0v) is 24.3. The number of para-hydroxylation sites is 2. The molecule has 0 unspecified atom stereocenters. The van der Waals surface area contributed by atoms with E-state index in [0.717, 1.165) is 44.5 Å². The SMILES string of the molecule is c1ccc(-c2ccc(N(c3ccc(-n4c5ccccc5c5ccccc54)cc3)c3nc4ccc5ccccc5c4o3)cc2)cc1. The lowest BCUT2D eigenvalue weighted by atomic mass is 10.1. The van der Waals surface area contributed by atoms with E-state index in [4.69, 9.17) is 9.40 Å². The Balaban J connectivity index is 1.19. The lowest BCUT2D eigenvalue weighted by Gasteiger charge is -2.22. The van der Waals surface area contributed by atoms with Gasteiger partial charge in [0, 0.05) is 21.8 Å². The molecule has 2 heterocycles. The van der Waals surface area contributed by atoms with Gasteiger partial charge < -0.3 is 8.98 Å². The third kappa shape index (κ3) is 4.19. The molecule has 0 aliphatic rings. The lowest BCUT2D eigenvalue weighted by molar-refractivity contribution is 0.611. The predicted molar refractivity (Wildman–Crippen MR) is 186 cm³/mol. The predicted octanol–water partition coefficient (Wildman–Crippen LogP) is 11.2. The zero-order valence-electron chi connectivity index (χ0n) is 24.3. The van der Waals surface area contributed by atoms with E-state index in [2.05, 4.69) is 149 Å². The zero-order chi connectivity index (χ0) is 29.7. The van der Waals surface area contributed by atoms with Crippen LogP contribution in [0.15, 0.2) is 168 Å². The van der Waals surface area contributed by atoms with Crippen LogP contribution in [-0.2, 0) is 0 Å². The van der Waals surface area contributed by atoms with E-state index >= 15 is 0 Å². The maximum Gasteiger partial charge on any atom is 0.307 e. The molecule has 0 N–H and O–H groups in total. The highest BCUT2D eigenvalue weighted by molar-refractivity contribution is 6.09. The molecule has 0 bridgehead atoms. The molecule has 4 nitrogen and oxygen atoms in total. The summed E-state index contributed by atoms with van der Waals surface area (Å²) in [5.41, 5.74) is 9.35. The molecule has 0 radical (unpaired) electrons. The first-order valence-corrected chi connectivity index (χ1v) is 15.1. The van der Waals surface area contributed by atoms with Gasteiger partial charge in [-0.1, -0.05) is 109 Å². The average molecular weight is 578 g/mol. The average Bonchev–Trinajstić information content (AvgIpc) is 3.69. The van der Waals surface area contributed by atoms with Gasteiger partial charge in [-0.25, -0.2) is 0 Å². The van der Waals surface area contributed by atoms with E-state index < -0.39 is 0 Å². The Morgan fingerprint density at radius 1 is 0.467 bits per heavy atom.